The quantitative estimate of drug-likeness (QED) is 0.270. The largest absolute Gasteiger partial charge is 0.497 e. The molecule has 4 aromatic rings. The van der Waals surface area contributed by atoms with Gasteiger partial charge in [-0.2, -0.15) is 0 Å². The monoisotopic (exact) mass is 401 g/mol. The fraction of sp³-hybridized carbons (Fsp3) is 0.0455. The molecule has 8 heteroatoms. The number of H-pyrrole nitrogens is 1. The molecule has 0 unspecified atom stereocenters. The Balaban J connectivity index is 1.77. The minimum Gasteiger partial charge on any atom is -0.497 e. The number of nitrogens with one attached hydrogen (secondary N) is 2. The van der Waals surface area contributed by atoms with Gasteiger partial charge in [0.2, 0.25) is 0 Å². The van der Waals surface area contributed by atoms with Crippen LogP contribution in [0.15, 0.2) is 73.1 Å². The van der Waals surface area contributed by atoms with Crippen LogP contribution in [-0.2, 0) is 0 Å². The Labute approximate surface area is 172 Å². The van der Waals surface area contributed by atoms with Gasteiger partial charge in [-0.1, -0.05) is 0 Å². The molecule has 4 N–H and O–H groups in total. The molecule has 3 aromatic carbocycles. The second-order valence-electron chi connectivity index (χ2n) is 6.49. The molecular weight excluding hydrogens is 382 g/mol. The van der Waals surface area contributed by atoms with Crippen LogP contribution in [0.3, 0.4) is 0 Å². The van der Waals surface area contributed by atoms with E-state index in [0.29, 0.717) is 28.3 Å². The molecule has 0 aliphatic heterocycles. The van der Waals surface area contributed by atoms with Crippen LogP contribution in [0.2, 0.25) is 0 Å². The zero-order valence-electron chi connectivity index (χ0n) is 16.1. The first-order valence-electron chi connectivity index (χ1n) is 9.13. The van der Waals surface area contributed by atoms with E-state index in [1.165, 1.54) is 0 Å². The summed E-state index contributed by atoms with van der Waals surface area (Å²) in [5.74, 6) is 5.17. The maximum absolute atomic E-state index is 13.5. The number of nitrogen functional groups attached to an aromatic ring is 1. The van der Waals surface area contributed by atoms with Crippen molar-refractivity contribution in [3.05, 3.63) is 84.2 Å². The van der Waals surface area contributed by atoms with Crippen LogP contribution < -0.4 is 20.9 Å². The van der Waals surface area contributed by atoms with Crippen molar-refractivity contribution in [3.8, 4) is 5.75 Å². The molecule has 150 valence electrons. The van der Waals surface area contributed by atoms with Crippen LogP contribution in [0.25, 0.3) is 11.0 Å². The zero-order chi connectivity index (χ0) is 21.1. The third-order valence-electron chi connectivity index (χ3n) is 4.72. The summed E-state index contributed by atoms with van der Waals surface area (Å²) in [6, 6.07) is 19.0. The number of nitrogens with zero attached hydrogens (tertiary/aromatic N) is 2. The maximum Gasteiger partial charge on any atom is 0.265 e. The number of hydrogen-bond donors (Lipinski definition) is 3. The van der Waals surface area contributed by atoms with Crippen LogP contribution in [0, 0.1) is 0 Å². The summed E-state index contributed by atoms with van der Waals surface area (Å²) in [5, 5.41) is 0. The molecule has 8 nitrogen and oxygen atoms in total. The van der Waals surface area contributed by atoms with Gasteiger partial charge in [0.25, 0.3) is 11.8 Å². The highest BCUT2D eigenvalue weighted by Crippen LogP contribution is 2.31. The molecule has 0 spiro atoms. The Morgan fingerprint density at radius 1 is 0.967 bits per heavy atom. The van der Waals surface area contributed by atoms with E-state index in [0.717, 1.165) is 11.0 Å². The number of carbonyl (C=O) groups excluding carboxylic acids is 2. The van der Waals surface area contributed by atoms with E-state index in [4.69, 9.17) is 10.6 Å². The highest BCUT2D eigenvalue weighted by atomic mass is 16.5. The van der Waals surface area contributed by atoms with Gasteiger partial charge >= 0.3 is 0 Å². The van der Waals surface area contributed by atoms with E-state index in [1.54, 1.807) is 54.7 Å². The summed E-state index contributed by atoms with van der Waals surface area (Å²) in [4.78, 5) is 34.1. The first-order chi connectivity index (χ1) is 14.6. The minimum absolute atomic E-state index is 0.255. The molecule has 1 aromatic heterocycles. The van der Waals surface area contributed by atoms with Crippen molar-refractivity contribution >= 4 is 34.2 Å². The Hall–Kier alpha value is -4.17. The maximum atomic E-state index is 13.5. The molecular formula is C22H19N5O3. The summed E-state index contributed by atoms with van der Waals surface area (Å²) < 4.78 is 5.23. The molecule has 0 saturated carbocycles. The molecule has 0 fully saturated rings. The number of ether oxygens (including phenoxy) is 1. The van der Waals surface area contributed by atoms with Gasteiger partial charge in [-0.3, -0.25) is 19.9 Å². The fourth-order valence-corrected chi connectivity index (χ4v) is 3.15. The van der Waals surface area contributed by atoms with Crippen molar-refractivity contribution in [2.24, 2.45) is 5.84 Å². The number of rotatable bonds is 5. The van der Waals surface area contributed by atoms with E-state index in [9.17, 15) is 9.59 Å². The molecule has 0 bridgehead atoms. The third kappa shape index (κ3) is 3.59. The molecule has 30 heavy (non-hydrogen) atoms. The first kappa shape index (κ1) is 19.2. The first-order valence-corrected chi connectivity index (χ1v) is 9.13. The molecule has 0 aliphatic rings. The predicted octanol–water partition coefficient (Wildman–Crippen LogP) is 3.15. The van der Waals surface area contributed by atoms with E-state index >= 15 is 0 Å². The smallest absolute Gasteiger partial charge is 0.265 e. The van der Waals surface area contributed by atoms with E-state index < -0.39 is 5.91 Å². The van der Waals surface area contributed by atoms with Gasteiger partial charge in [-0.25, -0.2) is 10.8 Å². The number of methoxy groups -OCH3 is 1. The van der Waals surface area contributed by atoms with Crippen molar-refractivity contribution in [2.45, 2.75) is 0 Å². The molecule has 1 heterocycles. The van der Waals surface area contributed by atoms with Crippen molar-refractivity contribution in [1.82, 2.24) is 15.4 Å². The van der Waals surface area contributed by atoms with Gasteiger partial charge in [0.15, 0.2) is 0 Å². The number of benzene rings is 3. The van der Waals surface area contributed by atoms with Crippen LogP contribution >= 0.6 is 0 Å². The average Bonchev–Trinajstić information content (AvgIpc) is 3.27. The lowest BCUT2D eigenvalue weighted by atomic mass is 10.1. The summed E-state index contributed by atoms with van der Waals surface area (Å²) in [6.45, 7) is 0. The fourth-order valence-electron chi connectivity index (χ4n) is 3.15. The van der Waals surface area contributed by atoms with E-state index in [-0.39, 0.29) is 5.91 Å². The van der Waals surface area contributed by atoms with Gasteiger partial charge in [-0.05, 0) is 66.7 Å². The number of fused-ring (bicyclic) bond motifs is 1. The standard InChI is InChI=1S/C22H19N5O3/c1-30-18-9-6-16(7-10-18)27(17-8-11-19-20(12-17)25-13-24-19)22(29)15-4-2-14(3-5-15)21(28)26-23/h2-13H,23H2,1H3,(H,24,25)(H,26,28). The second-order valence-corrected chi connectivity index (χ2v) is 6.49. The predicted molar refractivity (Wildman–Crippen MR) is 114 cm³/mol. The Bertz CT molecular complexity index is 1200. The van der Waals surface area contributed by atoms with Crippen LogP contribution in [0.5, 0.6) is 5.75 Å². The number of amides is 2. The highest BCUT2D eigenvalue weighted by Gasteiger charge is 2.21. The number of aromatic amines is 1. The summed E-state index contributed by atoms with van der Waals surface area (Å²) in [7, 11) is 1.59. The van der Waals surface area contributed by atoms with E-state index in [1.807, 2.05) is 30.3 Å². The van der Waals surface area contributed by atoms with Crippen LogP contribution in [-0.4, -0.2) is 28.9 Å². The van der Waals surface area contributed by atoms with Crippen molar-refractivity contribution in [2.75, 3.05) is 12.0 Å². The number of hydrogen-bond acceptors (Lipinski definition) is 5. The number of anilines is 2. The topological polar surface area (TPSA) is 113 Å². The molecule has 4 rings (SSSR count). The van der Waals surface area contributed by atoms with Crippen molar-refractivity contribution < 1.29 is 14.3 Å². The second kappa shape index (κ2) is 8.06. The molecule has 0 saturated heterocycles. The highest BCUT2D eigenvalue weighted by molar-refractivity contribution is 6.11. The van der Waals surface area contributed by atoms with Gasteiger partial charge in [0, 0.05) is 16.8 Å². The summed E-state index contributed by atoms with van der Waals surface area (Å²) in [6.07, 6.45) is 1.61. The lowest BCUT2D eigenvalue weighted by molar-refractivity contribution is 0.0951. The minimum atomic E-state index is -0.426. The lowest BCUT2D eigenvalue weighted by Gasteiger charge is -2.23. The van der Waals surface area contributed by atoms with Gasteiger partial charge in [-0.15, -0.1) is 0 Å². The molecule has 2 amide bonds. The number of nitrogens with two attached hydrogens (primary N) is 1. The van der Waals surface area contributed by atoms with Crippen LogP contribution in [0.4, 0.5) is 11.4 Å². The van der Waals surface area contributed by atoms with Gasteiger partial charge < -0.3 is 9.72 Å². The molecule has 0 aliphatic carbocycles. The summed E-state index contributed by atoms with van der Waals surface area (Å²) >= 11 is 0. The van der Waals surface area contributed by atoms with E-state index in [2.05, 4.69) is 15.4 Å². The van der Waals surface area contributed by atoms with Gasteiger partial charge in [0.1, 0.15) is 5.75 Å². The van der Waals surface area contributed by atoms with Crippen LogP contribution in [0.1, 0.15) is 20.7 Å². The molecule has 0 radical (unpaired) electrons. The third-order valence-corrected chi connectivity index (χ3v) is 4.72. The number of hydrazine groups is 1. The van der Waals surface area contributed by atoms with Crippen molar-refractivity contribution in [3.63, 3.8) is 0 Å². The van der Waals surface area contributed by atoms with Gasteiger partial charge in [0.05, 0.1) is 30.2 Å². The SMILES string of the molecule is COc1ccc(N(C(=O)c2ccc(C(=O)NN)cc2)c2ccc3[nH]cnc3c2)cc1. The lowest BCUT2D eigenvalue weighted by Crippen LogP contribution is -2.30. The normalized spacial score (nSPS) is 10.6. The average molecular weight is 401 g/mol. The van der Waals surface area contributed by atoms with Crippen molar-refractivity contribution in [1.29, 1.82) is 0 Å². The molecule has 0 atom stereocenters. The Morgan fingerprint density at radius 2 is 1.63 bits per heavy atom. The Kier molecular flexibility index (Phi) is 5.15. The number of aromatic nitrogens is 2. The number of imidazole rings is 1. The zero-order valence-corrected chi connectivity index (χ0v) is 16.1. The number of carbonyl (C=O) groups is 2. The summed E-state index contributed by atoms with van der Waals surface area (Å²) in [5.41, 5.74) is 5.80. The Morgan fingerprint density at radius 3 is 2.30 bits per heavy atom.